The maximum absolute atomic E-state index is 6.70. The summed E-state index contributed by atoms with van der Waals surface area (Å²) in [5.74, 6) is 1.80. The van der Waals surface area contributed by atoms with E-state index in [0.29, 0.717) is 17.5 Å². The molecule has 4 heterocycles. The van der Waals surface area contributed by atoms with Gasteiger partial charge in [0.25, 0.3) is 0 Å². The van der Waals surface area contributed by atoms with Crippen molar-refractivity contribution < 1.29 is 8.83 Å². The van der Waals surface area contributed by atoms with Gasteiger partial charge in [-0.2, -0.15) is 0 Å². The van der Waals surface area contributed by atoms with Crippen LogP contribution in [0.25, 0.3) is 109 Å². The van der Waals surface area contributed by atoms with Crippen LogP contribution in [0, 0.1) is 0 Å². The lowest BCUT2D eigenvalue weighted by atomic mass is 10.0. The topological polar surface area (TPSA) is 65.0 Å². The molecular weight excluding hydrogens is 647 g/mol. The quantitative estimate of drug-likeness (QED) is 0.186. The van der Waals surface area contributed by atoms with Crippen LogP contribution < -0.4 is 0 Å². The third kappa shape index (κ3) is 4.50. The molecule has 0 bridgehead atoms. The summed E-state index contributed by atoms with van der Waals surface area (Å²) < 4.78 is 15.4. The molecule has 0 aliphatic rings. The van der Waals surface area contributed by atoms with Gasteiger partial charge >= 0.3 is 0 Å². The number of hydrogen-bond donors (Lipinski definition) is 0. The maximum atomic E-state index is 6.70. The molecule has 0 radical (unpaired) electrons. The van der Waals surface area contributed by atoms with Gasteiger partial charge in [-0.1, -0.05) is 91.0 Å². The first-order valence-electron chi connectivity index (χ1n) is 16.8. The Morgan fingerprint density at radius 3 is 1.80 bits per heavy atom. The zero-order chi connectivity index (χ0) is 33.5. The summed E-state index contributed by atoms with van der Waals surface area (Å²) in [7, 11) is 0. The van der Waals surface area contributed by atoms with Crippen molar-refractivity contribution in [2.75, 3.05) is 0 Å². The van der Waals surface area contributed by atoms with Gasteiger partial charge in [-0.25, -0.2) is 15.0 Å². The first-order chi connectivity index (χ1) is 25.2. The molecule has 51 heavy (non-hydrogen) atoms. The largest absolute Gasteiger partial charge is 0.456 e. The van der Waals surface area contributed by atoms with Crippen molar-refractivity contribution in [3.8, 4) is 45.3 Å². The molecule has 0 unspecified atom stereocenters. The normalized spacial score (nSPS) is 11.9. The molecule has 0 amide bonds. The lowest BCUT2D eigenvalue weighted by Gasteiger charge is -2.09. The van der Waals surface area contributed by atoms with Gasteiger partial charge in [-0.3, -0.25) is 0 Å². The second kappa shape index (κ2) is 10.9. The number of hydrogen-bond acceptors (Lipinski definition) is 6. The Morgan fingerprint density at radius 2 is 0.961 bits per heavy atom. The van der Waals surface area contributed by atoms with Gasteiger partial charge in [-0.05, 0) is 71.8 Å². The third-order valence-corrected chi connectivity index (χ3v) is 10.9. The van der Waals surface area contributed by atoms with Crippen LogP contribution in [0.4, 0.5) is 0 Å². The van der Waals surface area contributed by atoms with Gasteiger partial charge in [0.1, 0.15) is 22.3 Å². The lowest BCUT2D eigenvalue weighted by Crippen LogP contribution is -2.00. The van der Waals surface area contributed by atoms with Gasteiger partial charge in [-0.15, -0.1) is 11.3 Å². The highest BCUT2D eigenvalue weighted by atomic mass is 32.1. The van der Waals surface area contributed by atoms with Gasteiger partial charge < -0.3 is 8.83 Å². The fourth-order valence-electron chi connectivity index (χ4n) is 7.27. The van der Waals surface area contributed by atoms with E-state index in [1.807, 2.05) is 60.7 Å². The average Bonchev–Trinajstić information content (AvgIpc) is 3.88. The van der Waals surface area contributed by atoms with E-state index in [0.717, 1.165) is 71.7 Å². The Labute approximate surface area is 295 Å². The van der Waals surface area contributed by atoms with Crippen LogP contribution in [0.2, 0.25) is 0 Å². The number of benzene rings is 7. The molecule has 6 heteroatoms. The molecule has 0 N–H and O–H groups in total. The second-order valence-electron chi connectivity index (χ2n) is 12.8. The SMILES string of the molecule is c1ccc(-c2nc(-c3ccc4sc5ccccc5c4c3)nc(-c3cccc4c3oc3cc(-c5ccc6c(c5)oc5ccccc56)ccc34)n2)cc1. The Kier molecular flexibility index (Phi) is 6.05. The van der Waals surface area contributed by atoms with E-state index in [1.165, 1.54) is 20.2 Å². The maximum Gasteiger partial charge on any atom is 0.167 e. The van der Waals surface area contributed by atoms with Crippen molar-refractivity contribution >= 4 is 75.4 Å². The first kappa shape index (κ1) is 28.2. The van der Waals surface area contributed by atoms with Crippen molar-refractivity contribution in [3.63, 3.8) is 0 Å². The Balaban J connectivity index is 1.07. The Morgan fingerprint density at radius 1 is 0.353 bits per heavy atom. The fraction of sp³-hybridized carbons (Fsp3) is 0. The van der Waals surface area contributed by atoms with E-state index in [2.05, 4.69) is 91.0 Å². The molecule has 5 nitrogen and oxygen atoms in total. The lowest BCUT2D eigenvalue weighted by molar-refractivity contribution is 0.668. The van der Waals surface area contributed by atoms with Crippen LogP contribution in [0.3, 0.4) is 0 Å². The van der Waals surface area contributed by atoms with Gasteiger partial charge in [0.05, 0.1) is 5.56 Å². The molecule has 238 valence electrons. The predicted octanol–water partition coefficient (Wildman–Crippen LogP) is 12.7. The minimum atomic E-state index is 0.564. The summed E-state index contributed by atoms with van der Waals surface area (Å²) in [5.41, 5.74) is 8.10. The van der Waals surface area contributed by atoms with Crippen LogP contribution in [0.15, 0.2) is 160 Å². The molecule has 7 aromatic carbocycles. The van der Waals surface area contributed by atoms with E-state index in [-0.39, 0.29) is 0 Å². The molecule has 0 saturated carbocycles. The van der Waals surface area contributed by atoms with Crippen molar-refractivity contribution in [3.05, 3.63) is 152 Å². The molecule has 4 aromatic heterocycles. The van der Waals surface area contributed by atoms with Crippen LogP contribution >= 0.6 is 11.3 Å². The number of aromatic nitrogens is 3. The van der Waals surface area contributed by atoms with E-state index in [9.17, 15) is 0 Å². The van der Waals surface area contributed by atoms with Crippen LogP contribution in [0.1, 0.15) is 0 Å². The second-order valence-corrected chi connectivity index (χ2v) is 13.9. The summed E-state index contributed by atoms with van der Waals surface area (Å²) >= 11 is 1.80. The molecule has 0 aliphatic carbocycles. The van der Waals surface area contributed by atoms with Gasteiger partial charge in [0, 0.05) is 52.8 Å². The third-order valence-electron chi connectivity index (χ3n) is 9.75. The van der Waals surface area contributed by atoms with Gasteiger partial charge in [0.15, 0.2) is 17.5 Å². The van der Waals surface area contributed by atoms with E-state index < -0.39 is 0 Å². The predicted molar refractivity (Wildman–Crippen MR) is 209 cm³/mol. The van der Waals surface area contributed by atoms with Crippen LogP contribution in [0.5, 0.6) is 0 Å². The fourth-order valence-corrected chi connectivity index (χ4v) is 8.35. The summed E-state index contributed by atoms with van der Waals surface area (Å²) in [4.78, 5) is 15.2. The molecular formula is C45H25N3O2S. The van der Waals surface area contributed by atoms with Crippen LogP contribution in [-0.4, -0.2) is 15.0 Å². The monoisotopic (exact) mass is 671 g/mol. The van der Waals surface area contributed by atoms with Crippen LogP contribution in [-0.2, 0) is 0 Å². The number of furan rings is 2. The number of rotatable bonds is 4. The molecule has 0 aliphatic heterocycles. The summed E-state index contributed by atoms with van der Waals surface area (Å²) in [5, 5.41) is 6.71. The number of nitrogens with zero attached hydrogens (tertiary/aromatic N) is 3. The summed E-state index contributed by atoms with van der Waals surface area (Å²) in [6.07, 6.45) is 0. The Bertz CT molecular complexity index is 3160. The minimum Gasteiger partial charge on any atom is -0.456 e. The number of para-hydroxylation sites is 2. The van der Waals surface area contributed by atoms with Crippen molar-refractivity contribution in [1.29, 1.82) is 0 Å². The van der Waals surface area contributed by atoms with E-state index in [1.54, 1.807) is 11.3 Å². The molecule has 11 rings (SSSR count). The Hall–Kier alpha value is -6.63. The highest BCUT2D eigenvalue weighted by Gasteiger charge is 2.19. The molecule has 0 saturated heterocycles. The van der Waals surface area contributed by atoms with Crippen molar-refractivity contribution in [1.82, 2.24) is 15.0 Å². The zero-order valence-corrected chi connectivity index (χ0v) is 27.8. The standard InChI is InChI=1S/C45H25N3O2S/c1-2-9-26(10-3-1)43-46-44(29-19-22-41-36(23-29)33-12-5-7-16-40(33)51-41)48-45(47-43)35-14-8-13-34-32-21-18-28(25-39(32)50-42(34)35)27-17-20-31-30-11-4-6-15-37(30)49-38(31)24-27/h1-25H. The number of thiophene rings is 1. The first-order valence-corrected chi connectivity index (χ1v) is 17.7. The van der Waals surface area contributed by atoms with Crippen molar-refractivity contribution in [2.45, 2.75) is 0 Å². The number of fused-ring (bicyclic) bond motifs is 9. The molecule has 0 atom stereocenters. The minimum absolute atomic E-state index is 0.564. The highest BCUT2D eigenvalue weighted by molar-refractivity contribution is 7.25. The van der Waals surface area contributed by atoms with Gasteiger partial charge in [0.2, 0.25) is 0 Å². The highest BCUT2D eigenvalue weighted by Crippen LogP contribution is 2.40. The van der Waals surface area contributed by atoms with E-state index >= 15 is 0 Å². The summed E-state index contributed by atoms with van der Waals surface area (Å²) in [6.45, 7) is 0. The van der Waals surface area contributed by atoms with E-state index in [4.69, 9.17) is 23.8 Å². The average molecular weight is 672 g/mol. The van der Waals surface area contributed by atoms with Crippen molar-refractivity contribution in [2.24, 2.45) is 0 Å². The molecule has 0 fully saturated rings. The smallest absolute Gasteiger partial charge is 0.167 e. The molecule has 11 aromatic rings. The summed E-state index contributed by atoms with van der Waals surface area (Å²) in [6, 6.07) is 52.2. The zero-order valence-electron chi connectivity index (χ0n) is 27.0. The molecule has 0 spiro atoms.